The van der Waals surface area contributed by atoms with Crippen molar-refractivity contribution in [3.63, 3.8) is 0 Å². The van der Waals surface area contributed by atoms with Crippen molar-refractivity contribution in [1.29, 1.82) is 0 Å². The molecule has 2 aromatic heterocycles. The zero-order valence-corrected chi connectivity index (χ0v) is 20.1. The van der Waals surface area contributed by atoms with Crippen LogP contribution in [0.4, 0.5) is 0 Å². The van der Waals surface area contributed by atoms with Gasteiger partial charge in [-0.15, -0.1) is 11.3 Å². The number of imidazole rings is 1. The van der Waals surface area contributed by atoms with E-state index in [1.807, 2.05) is 18.2 Å². The van der Waals surface area contributed by atoms with E-state index in [0.29, 0.717) is 12.7 Å². The Hall–Kier alpha value is -2.40. The van der Waals surface area contributed by atoms with Gasteiger partial charge in [0.15, 0.2) is 5.16 Å². The molecule has 4 rings (SSSR count). The fraction of sp³-hybridized carbons (Fsp3) is 0.273. The van der Waals surface area contributed by atoms with Gasteiger partial charge in [-0.1, -0.05) is 36.0 Å². The molecule has 2 heterocycles. The van der Waals surface area contributed by atoms with Gasteiger partial charge in [-0.2, -0.15) is 8.42 Å². The van der Waals surface area contributed by atoms with E-state index < -0.39 is 16.1 Å². The first-order valence-electron chi connectivity index (χ1n) is 9.81. The third-order valence-corrected chi connectivity index (χ3v) is 6.66. The van der Waals surface area contributed by atoms with Gasteiger partial charge in [-0.05, 0) is 48.1 Å². The number of aliphatic carboxylic acids is 1. The number of para-hydroxylation sites is 2. The van der Waals surface area contributed by atoms with Crippen LogP contribution >= 0.6 is 23.1 Å². The molecule has 0 saturated heterocycles. The molecular formula is C22H24N2O5S3. The van der Waals surface area contributed by atoms with E-state index in [-0.39, 0.29) is 6.42 Å². The molecule has 0 aliphatic heterocycles. The number of aromatic nitrogens is 2. The lowest BCUT2D eigenvalue weighted by Crippen LogP contribution is -2.02. The molecule has 10 heteroatoms. The minimum atomic E-state index is -3.67. The summed E-state index contributed by atoms with van der Waals surface area (Å²) in [7, 11) is -3.67. The van der Waals surface area contributed by atoms with E-state index in [4.69, 9.17) is 14.6 Å². The Balaban J connectivity index is 0.000000523. The van der Waals surface area contributed by atoms with Crippen molar-refractivity contribution < 1.29 is 22.9 Å². The van der Waals surface area contributed by atoms with Gasteiger partial charge < -0.3 is 9.67 Å². The van der Waals surface area contributed by atoms with E-state index in [2.05, 4.69) is 41.1 Å². The first kappa shape index (κ1) is 24.2. The molecule has 4 aromatic rings. The number of nitrogens with zero attached hydrogens (tertiary/aromatic N) is 2. The molecular weight excluding hydrogens is 468 g/mol. The second-order valence-corrected chi connectivity index (χ2v) is 10.7. The van der Waals surface area contributed by atoms with Gasteiger partial charge in [-0.25, -0.2) is 4.98 Å². The van der Waals surface area contributed by atoms with Crippen molar-refractivity contribution in [2.45, 2.75) is 31.5 Å². The Labute approximate surface area is 194 Å². The number of rotatable bonds is 7. The van der Waals surface area contributed by atoms with Crippen molar-refractivity contribution in [1.82, 2.24) is 9.55 Å². The molecule has 0 saturated carbocycles. The third-order valence-electron chi connectivity index (χ3n) is 4.60. The highest BCUT2D eigenvalue weighted by Gasteiger charge is 2.14. The van der Waals surface area contributed by atoms with Crippen LogP contribution in [0.5, 0.6) is 0 Å². The predicted molar refractivity (Wildman–Crippen MR) is 130 cm³/mol. The van der Waals surface area contributed by atoms with Crippen LogP contribution in [0, 0.1) is 6.92 Å². The summed E-state index contributed by atoms with van der Waals surface area (Å²) in [6, 6.07) is 14.6. The number of benzene rings is 2. The second kappa shape index (κ2) is 10.5. The van der Waals surface area contributed by atoms with Crippen LogP contribution in [0.2, 0.25) is 0 Å². The first-order chi connectivity index (χ1) is 15.1. The zero-order chi connectivity index (χ0) is 23.3. The number of carboxylic acids is 1. The molecule has 0 spiro atoms. The molecule has 170 valence electrons. The third kappa shape index (κ3) is 6.55. The molecule has 0 aliphatic rings. The maximum absolute atomic E-state index is 10.8. The fourth-order valence-corrected chi connectivity index (χ4v) is 5.32. The van der Waals surface area contributed by atoms with Crippen molar-refractivity contribution in [3.05, 3.63) is 59.0 Å². The van der Waals surface area contributed by atoms with Crippen LogP contribution in [0.1, 0.15) is 24.0 Å². The monoisotopic (exact) mass is 492 g/mol. The highest BCUT2D eigenvalue weighted by Crippen LogP contribution is 2.32. The maximum atomic E-state index is 10.8. The van der Waals surface area contributed by atoms with E-state index in [1.54, 1.807) is 23.1 Å². The molecule has 2 aromatic carbocycles. The average Bonchev–Trinajstić information content (AvgIpc) is 3.27. The second-order valence-electron chi connectivity index (χ2n) is 7.26. The Morgan fingerprint density at radius 2 is 1.91 bits per heavy atom. The van der Waals surface area contributed by atoms with E-state index >= 15 is 0 Å². The van der Waals surface area contributed by atoms with Crippen molar-refractivity contribution in [2.24, 2.45) is 0 Å². The summed E-state index contributed by atoms with van der Waals surface area (Å²) in [5, 5.41) is 13.4. The highest BCUT2D eigenvalue weighted by atomic mass is 32.2. The number of hydrogen-bond donors (Lipinski definition) is 2. The predicted octanol–water partition coefficient (Wildman–Crippen LogP) is 5.07. The summed E-state index contributed by atoms with van der Waals surface area (Å²) in [4.78, 5) is 15.6. The number of hydrogen-bond acceptors (Lipinski definition) is 6. The van der Waals surface area contributed by atoms with Crippen LogP contribution < -0.4 is 0 Å². The lowest BCUT2D eigenvalue weighted by molar-refractivity contribution is -0.137. The quantitative estimate of drug-likeness (QED) is 0.211. The Kier molecular flexibility index (Phi) is 7.94. The molecule has 7 nitrogen and oxygen atoms in total. The number of aryl methyl sites for hydroxylation is 1. The maximum Gasteiger partial charge on any atom is 0.303 e. The van der Waals surface area contributed by atoms with Gasteiger partial charge in [0.05, 0.1) is 23.8 Å². The first-order valence-corrected chi connectivity index (χ1v) is 13.5. The lowest BCUT2D eigenvalue weighted by atomic mass is 10.1. The van der Waals surface area contributed by atoms with E-state index in [9.17, 15) is 13.2 Å². The largest absolute Gasteiger partial charge is 0.481 e. The molecule has 0 radical (unpaired) electrons. The summed E-state index contributed by atoms with van der Waals surface area (Å²) >= 11 is 3.42. The van der Waals surface area contributed by atoms with Crippen LogP contribution in [-0.4, -0.2) is 45.6 Å². The van der Waals surface area contributed by atoms with Gasteiger partial charge >= 0.3 is 5.97 Å². The lowest BCUT2D eigenvalue weighted by Gasteiger charge is -2.09. The highest BCUT2D eigenvalue weighted by molar-refractivity contribution is 7.99. The van der Waals surface area contributed by atoms with Crippen LogP contribution in [0.25, 0.3) is 21.1 Å². The normalized spacial score (nSPS) is 11.5. The Morgan fingerprint density at radius 3 is 2.62 bits per heavy atom. The summed E-state index contributed by atoms with van der Waals surface area (Å²) in [5.41, 5.74) is 4.70. The van der Waals surface area contributed by atoms with E-state index in [1.165, 1.54) is 21.2 Å². The molecule has 0 fully saturated rings. The number of thioether (sulfide) groups is 1. The minimum Gasteiger partial charge on any atom is -0.481 e. The van der Waals surface area contributed by atoms with Crippen molar-refractivity contribution in [2.75, 3.05) is 12.0 Å². The smallest absolute Gasteiger partial charge is 0.303 e. The molecule has 0 amide bonds. The zero-order valence-electron chi connectivity index (χ0n) is 17.7. The Morgan fingerprint density at radius 1 is 1.19 bits per heavy atom. The molecule has 2 N–H and O–H groups in total. The minimum absolute atomic E-state index is 0.196. The van der Waals surface area contributed by atoms with Crippen LogP contribution in [0.3, 0.4) is 0 Å². The molecule has 0 atom stereocenters. The van der Waals surface area contributed by atoms with E-state index in [0.717, 1.165) is 28.5 Å². The summed E-state index contributed by atoms with van der Waals surface area (Å²) in [6.07, 6.45) is 1.55. The van der Waals surface area contributed by atoms with Crippen molar-refractivity contribution in [3.8, 4) is 0 Å². The Bertz CT molecular complexity index is 1330. The summed E-state index contributed by atoms with van der Waals surface area (Å²) < 4.78 is 29.4. The molecule has 32 heavy (non-hydrogen) atoms. The van der Waals surface area contributed by atoms with Gasteiger partial charge in [0.2, 0.25) is 0 Å². The van der Waals surface area contributed by atoms with Gasteiger partial charge in [0, 0.05) is 22.3 Å². The molecule has 0 unspecified atom stereocenters. The topological polar surface area (TPSA) is 109 Å². The summed E-state index contributed by atoms with van der Waals surface area (Å²) in [6.45, 7) is 2.93. The number of fused-ring (bicyclic) bond motifs is 2. The average molecular weight is 493 g/mol. The SMILES string of the molecule is CS(=O)(=O)O.Cc1cccc2scc(Cn3c(SCCCC(=O)O)nc4ccccc43)c12. The van der Waals surface area contributed by atoms with Crippen molar-refractivity contribution >= 4 is 60.3 Å². The number of thiophene rings is 1. The molecule has 0 aliphatic carbocycles. The number of carbonyl (C=O) groups is 1. The van der Waals surface area contributed by atoms with Crippen LogP contribution in [0.15, 0.2) is 53.0 Å². The molecule has 0 bridgehead atoms. The number of carboxylic acid groups (broad SMARTS) is 1. The van der Waals surface area contributed by atoms with Crippen LogP contribution in [-0.2, 0) is 21.5 Å². The summed E-state index contributed by atoms with van der Waals surface area (Å²) in [5.74, 6) is 0.00304. The van der Waals surface area contributed by atoms with Gasteiger partial charge in [0.1, 0.15) is 0 Å². The van der Waals surface area contributed by atoms with Gasteiger partial charge in [0.25, 0.3) is 10.1 Å². The fourth-order valence-electron chi connectivity index (χ4n) is 3.33. The standard InChI is InChI=1S/C21H20N2O2S2.CH4O3S/c1-14-6-4-9-18-20(14)15(13-27-18)12-23-17-8-3-2-7-16(17)22-21(23)26-11-5-10-19(24)25;1-5(2,3)4/h2-4,6-9,13H,5,10-12H2,1H3,(H,24,25);1H3,(H,2,3,4). The van der Waals surface area contributed by atoms with Gasteiger partial charge in [-0.3, -0.25) is 9.35 Å².